The summed E-state index contributed by atoms with van der Waals surface area (Å²) in [5, 5.41) is 15.1. The molecule has 1 aliphatic rings. The molecule has 1 saturated heterocycles. The largest absolute Gasteiger partial charge is 0.368 e. The normalized spacial score (nSPS) is 15.1. The quantitative estimate of drug-likeness (QED) is 0.515. The van der Waals surface area contributed by atoms with Gasteiger partial charge in [-0.15, -0.1) is 0 Å². The average molecular weight is 421 g/mol. The van der Waals surface area contributed by atoms with Gasteiger partial charge in [-0.25, -0.2) is 12.4 Å². The Bertz CT molecular complexity index is 1170. The van der Waals surface area contributed by atoms with Crippen molar-refractivity contribution in [1.29, 1.82) is 0 Å². The van der Waals surface area contributed by atoms with Crippen molar-refractivity contribution in [3.05, 3.63) is 63.8 Å². The van der Waals surface area contributed by atoms with E-state index in [2.05, 4.69) is 10.2 Å². The van der Waals surface area contributed by atoms with Gasteiger partial charge in [0, 0.05) is 49.5 Å². The number of fused-ring (bicyclic) bond motifs is 1. The van der Waals surface area contributed by atoms with Gasteiger partial charge in [0.05, 0.1) is 15.3 Å². The van der Waals surface area contributed by atoms with Crippen LogP contribution in [0.5, 0.6) is 0 Å². The van der Waals surface area contributed by atoms with Crippen LogP contribution in [0.15, 0.2) is 53.6 Å². The van der Waals surface area contributed by atoms with Gasteiger partial charge in [0.1, 0.15) is 5.02 Å². The minimum Gasteiger partial charge on any atom is -0.368 e. The highest BCUT2D eigenvalue weighted by atomic mass is 35.5. The molecular formula is C18H17ClN4O4S. The number of piperazine rings is 1. The number of nitrogens with one attached hydrogen (secondary N) is 1. The summed E-state index contributed by atoms with van der Waals surface area (Å²) < 4.78 is 27.5. The zero-order valence-electron chi connectivity index (χ0n) is 14.7. The molecule has 0 aliphatic carbocycles. The summed E-state index contributed by atoms with van der Waals surface area (Å²) in [5.41, 5.74) is 1.05. The Morgan fingerprint density at radius 2 is 1.86 bits per heavy atom. The predicted octanol–water partition coefficient (Wildman–Crippen LogP) is 2.85. The average Bonchev–Trinajstić information content (AvgIpc) is 3.13. The van der Waals surface area contributed by atoms with Gasteiger partial charge in [0.25, 0.3) is 15.7 Å². The minimum absolute atomic E-state index is 0.109. The van der Waals surface area contributed by atoms with Crippen LogP contribution < -0.4 is 10.2 Å². The van der Waals surface area contributed by atoms with E-state index in [1.54, 1.807) is 12.1 Å². The lowest BCUT2D eigenvalue weighted by atomic mass is 10.2. The summed E-state index contributed by atoms with van der Waals surface area (Å²) in [7, 11) is -4.02. The summed E-state index contributed by atoms with van der Waals surface area (Å²) in [6.07, 6.45) is 1.48. The summed E-state index contributed by atoms with van der Waals surface area (Å²) in [6, 6.07) is 10.8. The lowest BCUT2D eigenvalue weighted by Crippen LogP contribution is -2.43. The molecule has 8 nitrogen and oxygen atoms in total. The molecule has 3 aromatic rings. The topological polar surface area (TPSA) is 97.5 Å². The lowest BCUT2D eigenvalue weighted by molar-refractivity contribution is -0.384. The van der Waals surface area contributed by atoms with Gasteiger partial charge in [-0.05, 0) is 30.3 Å². The van der Waals surface area contributed by atoms with Crippen LogP contribution in [0.1, 0.15) is 0 Å². The SMILES string of the molecule is O=[N+]([O-])c1cc(S(=O)(=O)n2ccc3c(N4CCNCC4)cccc32)ccc1Cl. The molecular weight excluding hydrogens is 404 g/mol. The number of nitro groups is 1. The number of hydrogen-bond acceptors (Lipinski definition) is 6. The maximum absolute atomic E-state index is 13.2. The highest BCUT2D eigenvalue weighted by Gasteiger charge is 2.24. The molecule has 28 heavy (non-hydrogen) atoms. The van der Waals surface area contributed by atoms with Crippen LogP contribution >= 0.6 is 11.6 Å². The smallest absolute Gasteiger partial charge is 0.289 e. The van der Waals surface area contributed by atoms with Crippen LogP contribution in [0.2, 0.25) is 5.02 Å². The Labute approximate surface area is 166 Å². The number of anilines is 1. The number of aromatic nitrogens is 1. The van der Waals surface area contributed by atoms with Crippen molar-refractivity contribution in [2.45, 2.75) is 4.90 Å². The van der Waals surface area contributed by atoms with Crippen LogP contribution in [0.25, 0.3) is 10.9 Å². The second kappa shape index (κ2) is 7.08. The Balaban J connectivity index is 1.83. The maximum atomic E-state index is 13.2. The Hall–Kier alpha value is -2.62. The monoisotopic (exact) mass is 420 g/mol. The van der Waals surface area contributed by atoms with Crippen LogP contribution in [0, 0.1) is 10.1 Å². The molecule has 2 aromatic carbocycles. The predicted molar refractivity (Wildman–Crippen MR) is 108 cm³/mol. The first kappa shape index (κ1) is 18.7. The third kappa shape index (κ3) is 3.11. The van der Waals surface area contributed by atoms with Crippen LogP contribution in [0.3, 0.4) is 0 Å². The third-order valence-corrected chi connectivity index (χ3v) is 6.81. The van der Waals surface area contributed by atoms with Gasteiger partial charge in [-0.1, -0.05) is 17.7 Å². The number of hydrogen-bond donors (Lipinski definition) is 1. The summed E-state index contributed by atoms with van der Waals surface area (Å²) in [6.45, 7) is 3.40. The molecule has 0 unspecified atom stereocenters. The molecule has 0 saturated carbocycles. The van der Waals surface area contributed by atoms with E-state index < -0.39 is 20.6 Å². The Morgan fingerprint density at radius 3 is 2.57 bits per heavy atom. The van der Waals surface area contributed by atoms with E-state index in [0.29, 0.717) is 5.52 Å². The van der Waals surface area contributed by atoms with Gasteiger partial charge in [-0.3, -0.25) is 10.1 Å². The van der Waals surface area contributed by atoms with Gasteiger partial charge in [0.2, 0.25) is 0 Å². The van der Waals surface area contributed by atoms with E-state index in [-0.39, 0.29) is 9.92 Å². The fourth-order valence-electron chi connectivity index (χ4n) is 3.42. The van der Waals surface area contributed by atoms with Crippen molar-refractivity contribution < 1.29 is 13.3 Å². The van der Waals surface area contributed by atoms with Gasteiger partial charge in [0.15, 0.2) is 0 Å². The van der Waals surface area contributed by atoms with Crippen molar-refractivity contribution >= 4 is 43.9 Å². The molecule has 146 valence electrons. The highest BCUT2D eigenvalue weighted by Crippen LogP contribution is 2.32. The molecule has 0 amide bonds. The first-order valence-electron chi connectivity index (χ1n) is 8.65. The number of nitrogens with zero attached hydrogens (tertiary/aromatic N) is 3. The van der Waals surface area contributed by atoms with Gasteiger partial charge < -0.3 is 10.2 Å². The molecule has 0 spiro atoms. The second-order valence-corrected chi connectivity index (χ2v) is 8.66. The number of benzene rings is 2. The van der Waals surface area contributed by atoms with Crippen molar-refractivity contribution in [2.75, 3.05) is 31.1 Å². The molecule has 0 atom stereocenters. The van der Waals surface area contributed by atoms with Crippen LogP contribution in [0.4, 0.5) is 11.4 Å². The Kier molecular flexibility index (Phi) is 4.74. The summed E-state index contributed by atoms with van der Waals surface area (Å²) >= 11 is 5.81. The first-order chi connectivity index (χ1) is 13.4. The van der Waals surface area contributed by atoms with Gasteiger partial charge in [-0.2, -0.15) is 0 Å². The van der Waals surface area contributed by atoms with Crippen molar-refractivity contribution in [3.8, 4) is 0 Å². The molecule has 2 heterocycles. The van der Waals surface area contributed by atoms with E-state index in [1.807, 2.05) is 12.1 Å². The lowest BCUT2D eigenvalue weighted by Gasteiger charge is -2.30. The van der Waals surface area contributed by atoms with Crippen molar-refractivity contribution in [3.63, 3.8) is 0 Å². The van der Waals surface area contributed by atoms with Crippen LogP contribution in [-0.2, 0) is 10.0 Å². The summed E-state index contributed by atoms with van der Waals surface area (Å²) in [5.74, 6) is 0. The zero-order chi connectivity index (χ0) is 19.9. The molecule has 1 fully saturated rings. The Morgan fingerprint density at radius 1 is 1.11 bits per heavy atom. The number of nitro benzene ring substituents is 1. The van der Waals surface area contributed by atoms with E-state index in [0.717, 1.165) is 47.3 Å². The second-order valence-electron chi connectivity index (χ2n) is 6.43. The maximum Gasteiger partial charge on any atom is 0.289 e. The summed E-state index contributed by atoms with van der Waals surface area (Å²) in [4.78, 5) is 12.5. The molecule has 0 radical (unpaired) electrons. The molecule has 0 bridgehead atoms. The standard InChI is InChI=1S/C18H17ClN4O4S/c19-15-5-4-13(12-18(15)23(24)25)28(26,27)22-9-6-14-16(2-1-3-17(14)22)21-10-7-20-8-11-21/h1-6,9,12,20H,7-8,10-11H2. The fourth-order valence-corrected chi connectivity index (χ4v) is 4.98. The zero-order valence-corrected chi connectivity index (χ0v) is 16.3. The first-order valence-corrected chi connectivity index (χ1v) is 10.5. The fraction of sp³-hybridized carbons (Fsp3) is 0.222. The molecule has 10 heteroatoms. The molecule has 1 aliphatic heterocycles. The third-order valence-electron chi connectivity index (χ3n) is 4.80. The van der Waals surface area contributed by atoms with Crippen molar-refractivity contribution in [2.24, 2.45) is 0 Å². The van der Waals surface area contributed by atoms with E-state index in [9.17, 15) is 18.5 Å². The molecule has 1 N–H and O–H groups in total. The molecule has 1 aromatic heterocycles. The van der Waals surface area contributed by atoms with Crippen LogP contribution in [-0.4, -0.2) is 43.5 Å². The highest BCUT2D eigenvalue weighted by molar-refractivity contribution is 7.90. The van der Waals surface area contributed by atoms with E-state index in [4.69, 9.17) is 11.6 Å². The van der Waals surface area contributed by atoms with Crippen molar-refractivity contribution in [1.82, 2.24) is 9.29 Å². The van der Waals surface area contributed by atoms with E-state index in [1.165, 1.54) is 18.3 Å². The number of halogens is 1. The number of rotatable bonds is 4. The minimum atomic E-state index is -4.02. The molecule has 4 rings (SSSR count). The van der Waals surface area contributed by atoms with E-state index >= 15 is 0 Å². The van der Waals surface area contributed by atoms with Gasteiger partial charge >= 0.3 is 0 Å².